The summed E-state index contributed by atoms with van der Waals surface area (Å²) in [4.78, 5) is 30.7. The van der Waals surface area contributed by atoms with Gasteiger partial charge in [-0.05, 0) is 24.1 Å². The summed E-state index contributed by atoms with van der Waals surface area (Å²) in [5, 5.41) is 26.9. The van der Waals surface area contributed by atoms with Gasteiger partial charge in [-0.2, -0.15) is 0 Å². The number of hydrogen-bond donors (Lipinski definition) is 5. The van der Waals surface area contributed by atoms with Crippen molar-refractivity contribution in [3.8, 4) is 5.75 Å². The first-order valence-corrected chi connectivity index (χ1v) is 8.68. The molecule has 0 saturated carbocycles. The summed E-state index contributed by atoms with van der Waals surface area (Å²) in [6.45, 7) is -1.01. The quantitative estimate of drug-likeness (QED) is 0.381. The molecule has 0 fully saturated rings. The zero-order chi connectivity index (χ0) is 19.4. The molecule has 0 amide bonds. The molecule has 0 heterocycles. The molecule has 1 aromatic rings. The molecule has 25 heavy (non-hydrogen) atoms. The lowest BCUT2D eigenvalue weighted by molar-refractivity contribution is -0.140. The number of carboxylic acid groups (broad SMARTS) is 2. The molecule has 0 aliphatic carbocycles. The number of ether oxygens (including phenoxy) is 1. The number of carbonyl (C=O) groups is 2. The van der Waals surface area contributed by atoms with Gasteiger partial charge >= 0.3 is 11.9 Å². The van der Waals surface area contributed by atoms with Crippen LogP contribution in [-0.2, 0) is 14.2 Å². The van der Waals surface area contributed by atoms with Gasteiger partial charge in [-0.3, -0.25) is 9.36 Å². The number of rotatable bonds is 9. The van der Waals surface area contributed by atoms with Gasteiger partial charge in [0.25, 0.3) is 0 Å². The van der Waals surface area contributed by atoms with Crippen LogP contribution in [0.2, 0.25) is 0 Å². The Balaban J connectivity index is 2.97. The Hall–Kier alpha value is -2.07. The molecule has 140 valence electrons. The van der Waals surface area contributed by atoms with Crippen molar-refractivity contribution in [1.82, 2.24) is 0 Å². The van der Waals surface area contributed by atoms with Gasteiger partial charge in [0.15, 0.2) is 29.8 Å². The van der Waals surface area contributed by atoms with Crippen LogP contribution in [0.4, 0.5) is 8.78 Å². The van der Waals surface area contributed by atoms with Crippen LogP contribution in [0.5, 0.6) is 5.75 Å². The van der Waals surface area contributed by atoms with E-state index in [9.17, 15) is 32.9 Å². The number of aliphatic carboxylic acids is 2. The number of benzene rings is 1. The second kappa shape index (κ2) is 8.34. The monoisotopic (exact) mass is 383 g/mol. The molecule has 1 rings (SSSR count). The van der Waals surface area contributed by atoms with Crippen LogP contribution < -0.4 is 10.5 Å². The van der Waals surface area contributed by atoms with E-state index in [0.717, 1.165) is 0 Å². The molecule has 0 radical (unpaired) electrons. The highest BCUT2D eigenvalue weighted by Crippen LogP contribution is 2.54. The Kier molecular flexibility index (Phi) is 7.00. The van der Waals surface area contributed by atoms with Gasteiger partial charge in [-0.15, -0.1) is 0 Å². The van der Waals surface area contributed by atoms with E-state index in [1.165, 1.54) is 0 Å². The lowest BCUT2D eigenvalue weighted by Gasteiger charge is -2.20. The second-order valence-electron chi connectivity index (χ2n) is 5.08. The molecule has 3 atom stereocenters. The summed E-state index contributed by atoms with van der Waals surface area (Å²) < 4.78 is 44.1. The smallest absolute Gasteiger partial charge is 0.341 e. The van der Waals surface area contributed by atoms with E-state index < -0.39 is 73.3 Å². The third-order valence-corrected chi connectivity index (χ3v) is 5.08. The molecule has 0 spiro atoms. The molecule has 12 heteroatoms. The van der Waals surface area contributed by atoms with Crippen LogP contribution in [-0.4, -0.2) is 51.0 Å². The molecule has 9 nitrogen and oxygen atoms in total. The Morgan fingerprint density at radius 2 is 1.76 bits per heavy atom. The molecule has 2 unspecified atom stereocenters. The molecule has 0 aliphatic rings. The third kappa shape index (κ3) is 5.75. The van der Waals surface area contributed by atoms with Crippen molar-refractivity contribution in [3.63, 3.8) is 0 Å². The Bertz CT molecular complexity index is 690. The zero-order valence-electron chi connectivity index (χ0n) is 12.6. The van der Waals surface area contributed by atoms with Crippen LogP contribution >= 0.6 is 7.37 Å². The lowest BCUT2D eigenvalue weighted by Crippen LogP contribution is -2.31. The first kappa shape index (κ1) is 21.0. The standard InChI is InChI=1S/C13H16F2NO8P/c14-7-3-6(4-8(15)11(7)24-5-10(17)18)13(21)25(22,23)2-1-9(16)12(19)20/h3-4,9,13,21H,1-2,5,16H2,(H,17,18)(H,19,20)(H,22,23)/t9-,13?/m0/s1. The van der Waals surface area contributed by atoms with Gasteiger partial charge in [0.1, 0.15) is 6.04 Å². The number of nitrogens with two attached hydrogens (primary N) is 1. The molecule has 0 aliphatic heterocycles. The number of carboxylic acids is 2. The number of hydrogen-bond acceptors (Lipinski definition) is 6. The first-order chi connectivity index (χ1) is 11.5. The maximum atomic E-state index is 13.8. The zero-order valence-corrected chi connectivity index (χ0v) is 13.5. The summed E-state index contributed by atoms with van der Waals surface area (Å²) in [7, 11) is -4.44. The summed E-state index contributed by atoms with van der Waals surface area (Å²) in [6, 6.07) is -0.400. The van der Waals surface area contributed by atoms with E-state index in [0.29, 0.717) is 12.1 Å². The minimum atomic E-state index is -4.44. The van der Waals surface area contributed by atoms with E-state index in [1.54, 1.807) is 0 Å². The van der Waals surface area contributed by atoms with Crippen molar-refractivity contribution in [3.05, 3.63) is 29.3 Å². The van der Waals surface area contributed by atoms with Gasteiger partial charge in [-0.25, -0.2) is 13.6 Å². The Morgan fingerprint density at radius 1 is 1.24 bits per heavy atom. The second-order valence-corrected chi connectivity index (χ2v) is 7.53. The maximum absolute atomic E-state index is 13.8. The van der Waals surface area contributed by atoms with Crippen molar-refractivity contribution in [1.29, 1.82) is 0 Å². The van der Waals surface area contributed by atoms with Crippen LogP contribution in [0.25, 0.3) is 0 Å². The Morgan fingerprint density at radius 3 is 2.20 bits per heavy atom. The van der Waals surface area contributed by atoms with Crippen LogP contribution in [0.15, 0.2) is 12.1 Å². The highest BCUT2D eigenvalue weighted by atomic mass is 31.2. The summed E-state index contributed by atoms with van der Waals surface area (Å²) >= 11 is 0. The van der Waals surface area contributed by atoms with E-state index in [4.69, 9.17) is 15.9 Å². The van der Waals surface area contributed by atoms with Gasteiger partial charge < -0.3 is 30.7 Å². The van der Waals surface area contributed by atoms with Crippen molar-refractivity contribution < 1.29 is 47.9 Å². The summed E-state index contributed by atoms with van der Waals surface area (Å²) in [5.41, 5.74) is 4.60. The van der Waals surface area contributed by atoms with Crippen molar-refractivity contribution >= 4 is 19.3 Å². The van der Waals surface area contributed by atoms with Crippen molar-refractivity contribution in [2.75, 3.05) is 12.8 Å². The fourth-order valence-electron chi connectivity index (χ4n) is 1.80. The normalized spacial score (nSPS) is 15.9. The van der Waals surface area contributed by atoms with Crippen molar-refractivity contribution in [2.24, 2.45) is 5.73 Å². The molecular formula is C13H16F2NO8P. The van der Waals surface area contributed by atoms with E-state index in [-0.39, 0.29) is 0 Å². The summed E-state index contributed by atoms with van der Waals surface area (Å²) in [6.07, 6.45) is -1.13. The van der Waals surface area contributed by atoms with Gasteiger partial charge in [0, 0.05) is 6.16 Å². The largest absolute Gasteiger partial charge is 0.480 e. The number of halogens is 2. The molecule has 0 bridgehead atoms. The van der Waals surface area contributed by atoms with E-state index >= 15 is 0 Å². The van der Waals surface area contributed by atoms with Crippen LogP contribution in [0.3, 0.4) is 0 Å². The average molecular weight is 383 g/mol. The predicted molar refractivity (Wildman–Crippen MR) is 79.4 cm³/mol. The molecular weight excluding hydrogens is 367 g/mol. The summed E-state index contributed by atoms with van der Waals surface area (Å²) in [5.74, 6) is -8.84. The maximum Gasteiger partial charge on any atom is 0.341 e. The fraction of sp³-hybridized carbons (Fsp3) is 0.385. The first-order valence-electron chi connectivity index (χ1n) is 6.77. The lowest BCUT2D eigenvalue weighted by atomic mass is 10.2. The SMILES string of the molecule is N[C@@H](CCP(=O)(O)C(O)c1cc(F)c(OCC(=O)O)c(F)c1)C(=O)O. The number of aliphatic hydroxyl groups excluding tert-OH is 1. The predicted octanol–water partition coefficient (Wildman–Crippen LogP) is 0.491. The molecule has 0 saturated heterocycles. The average Bonchev–Trinajstić information content (AvgIpc) is 2.50. The minimum Gasteiger partial charge on any atom is -0.480 e. The van der Waals surface area contributed by atoms with Crippen LogP contribution in [0.1, 0.15) is 17.8 Å². The van der Waals surface area contributed by atoms with Gasteiger partial charge in [0.05, 0.1) is 0 Å². The van der Waals surface area contributed by atoms with Gasteiger partial charge in [-0.1, -0.05) is 0 Å². The minimum absolute atomic E-state index is 0.440. The van der Waals surface area contributed by atoms with Gasteiger partial charge in [0.2, 0.25) is 7.37 Å². The van der Waals surface area contributed by atoms with E-state index in [2.05, 4.69) is 4.74 Å². The van der Waals surface area contributed by atoms with Crippen molar-refractivity contribution in [2.45, 2.75) is 18.3 Å². The third-order valence-electron chi connectivity index (χ3n) is 3.12. The van der Waals surface area contributed by atoms with Crippen LogP contribution in [0, 0.1) is 11.6 Å². The fourth-order valence-corrected chi connectivity index (χ4v) is 3.31. The van der Waals surface area contributed by atoms with E-state index in [1.807, 2.05) is 0 Å². The highest BCUT2D eigenvalue weighted by molar-refractivity contribution is 7.58. The molecule has 1 aromatic carbocycles. The Labute approximate surface area is 140 Å². The molecule has 0 aromatic heterocycles. The highest BCUT2D eigenvalue weighted by Gasteiger charge is 2.33. The topological polar surface area (TPSA) is 167 Å². The number of aliphatic hydroxyl groups is 1. The molecule has 6 N–H and O–H groups in total.